The molecule has 2 saturated heterocycles. The molecule has 2 fully saturated rings. The second-order valence-electron chi connectivity index (χ2n) is 7.98. The van der Waals surface area contributed by atoms with Crippen LogP contribution in [0, 0.1) is 5.82 Å². The Morgan fingerprint density at radius 3 is 2.58 bits per heavy atom. The van der Waals surface area contributed by atoms with E-state index in [1.165, 1.54) is 12.1 Å². The Hall–Kier alpha value is -2.37. The van der Waals surface area contributed by atoms with Crippen LogP contribution in [0.1, 0.15) is 43.6 Å². The Balaban J connectivity index is 1.67. The first-order valence-corrected chi connectivity index (χ1v) is 9.22. The summed E-state index contributed by atoms with van der Waals surface area (Å²) in [6, 6.07) is 8.92. The zero-order valence-corrected chi connectivity index (χ0v) is 15.5. The first-order chi connectivity index (χ1) is 12.4. The van der Waals surface area contributed by atoms with Crippen molar-refractivity contribution in [3.63, 3.8) is 0 Å². The second-order valence-corrected chi connectivity index (χ2v) is 7.98. The Bertz CT molecular complexity index is 813. The van der Waals surface area contributed by atoms with Gasteiger partial charge in [-0.15, -0.1) is 0 Å². The maximum absolute atomic E-state index is 13.4. The highest BCUT2D eigenvalue weighted by Crippen LogP contribution is 2.44. The number of amides is 1. The topological polar surface area (TPSA) is 41.4 Å². The zero-order chi connectivity index (χ0) is 18.5. The van der Waals surface area contributed by atoms with Gasteiger partial charge in [0.1, 0.15) is 11.5 Å². The number of carbonyl (C=O) groups is 1. The van der Waals surface area contributed by atoms with Crippen molar-refractivity contribution in [2.45, 2.75) is 50.7 Å². The van der Waals surface area contributed by atoms with Crippen LogP contribution in [0.5, 0.6) is 0 Å². The third-order valence-electron chi connectivity index (χ3n) is 5.84. The third-order valence-corrected chi connectivity index (χ3v) is 5.84. The van der Waals surface area contributed by atoms with Crippen molar-refractivity contribution >= 4 is 11.6 Å². The van der Waals surface area contributed by atoms with Crippen LogP contribution in [0.25, 0.3) is 0 Å². The van der Waals surface area contributed by atoms with Gasteiger partial charge in [0.05, 0.1) is 12.1 Å². The van der Waals surface area contributed by atoms with Crippen LogP contribution in [-0.4, -0.2) is 44.8 Å². The van der Waals surface area contributed by atoms with Gasteiger partial charge in [-0.05, 0) is 63.4 Å². The molecule has 2 atom stereocenters. The lowest BCUT2D eigenvalue weighted by atomic mass is 9.94. The fraction of sp³-hybridized carbons (Fsp3) is 0.500. The third kappa shape index (κ3) is 2.68. The fourth-order valence-electron chi connectivity index (χ4n) is 4.77. The monoisotopic (exact) mass is 356 g/mol. The number of hydrogen-bond acceptors (Lipinski definition) is 3. The number of fused-ring (bicyclic) bond motifs is 1. The van der Waals surface area contributed by atoms with E-state index in [4.69, 9.17) is 0 Å². The average Bonchev–Trinajstić information content (AvgIpc) is 3.14. The van der Waals surface area contributed by atoms with Gasteiger partial charge in [-0.3, -0.25) is 9.48 Å². The molecule has 0 radical (unpaired) electrons. The molecule has 0 spiro atoms. The summed E-state index contributed by atoms with van der Waals surface area (Å²) < 4.78 is 15.0. The van der Waals surface area contributed by atoms with Crippen molar-refractivity contribution in [1.82, 2.24) is 14.7 Å². The van der Waals surface area contributed by atoms with Gasteiger partial charge in [0.2, 0.25) is 0 Å². The molecule has 4 rings (SSSR count). The molecule has 0 bridgehead atoms. The normalized spacial score (nSPS) is 24.6. The van der Waals surface area contributed by atoms with E-state index in [1.54, 1.807) is 24.0 Å². The van der Waals surface area contributed by atoms with E-state index < -0.39 is 0 Å². The second kappa shape index (κ2) is 6.11. The molecule has 1 amide bonds. The molecule has 2 aliphatic rings. The summed E-state index contributed by atoms with van der Waals surface area (Å²) in [4.78, 5) is 17.5. The summed E-state index contributed by atoms with van der Waals surface area (Å²) in [6.07, 6.45) is 4.58. The molecule has 138 valence electrons. The molecule has 1 aromatic heterocycles. The minimum atomic E-state index is -0.223. The first-order valence-electron chi connectivity index (χ1n) is 9.22. The number of anilines is 1. The van der Waals surface area contributed by atoms with Gasteiger partial charge in [0, 0.05) is 31.0 Å². The molecule has 1 aromatic carbocycles. The highest BCUT2D eigenvalue weighted by Gasteiger charge is 2.50. The number of benzene rings is 1. The number of rotatable bonds is 2. The van der Waals surface area contributed by atoms with Gasteiger partial charge in [0.25, 0.3) is 5.91 Å². The maximum Gasteiger partial charge on any atom is 0.272 e. The van der Waals surface area contributed by atoms with Crippen molar-refractivity contribution in [2.75, 3.05) is 11.4 Å². The van der Waals surface area contributed by atoms with Crippen molar-refractivity contribution in [2.24, 2.45) is 7.05 Å². The number of nitrogens with zero attached hydrogens (tertiary/aromatic N) is 4. The van der Waals surface area contributed by atoms with Crippen LogP contribution in [0.15, 0.2) is 36.5 Å². The highest BCUT2D eigenvalue weighted by atomic mass is 19.1. The molecule has 6 heteroatoms. The number of halogens is 1. The minimum absolute atomic E-state index is 0.0523. The van der Waals surface area contributed by atoms with E-state index in [1.807, 2.05) is 17.0 Å². The van der Waals surface area contributed by atoms with Crippen molar-refractivity contribution in [3.8, 4) is 0 Å². The zero-order valence-electron chi connectivity index (χ0n) is 15.5. The minimum Gasteiger partial charge on any atom is -0.361 e. The quantitative estimate of drug-likeness (QED) is 0.830. The van der Waals surface area contributed by atoms with Gasteiger partial charge >= 0.3 is 0 Å². The number of aromatic nitrogens is 2. The summed E-state index contributed by atoms with van der Waals surface area (Å²) in [7, 11) is 1.80. The summed E-state index contributed by atoms with van der Waals surface area (Å²) in [5.41, 5.74) is 1.56. The van der Waals surface area contributed by atoms with E-state index in [0.29, 0.717) is 5.69 Å². The lowest BCUT2D eigenvalue weighted by Gasteiger charge is -2.42. The lowest BCUT2D eigenvalue weighted by Crippen LogP contribution is -2.53. The Morgan fingerprint density at radius 2 is 1.92 bits per heavy atom. The largest absolute Gasteiger partial charge is 0.361 e. The summed E-state index contributed by atoms with van der Waals surface area (Å²) in [5.74, 6) is -0.171. The molecule has 0 unspecified atom stereocenters. The summed E-state index contributed by atoms with van der Waals surface area (Å²) in [6.45, 7) is 5.20. The van der Waals surface area contributed by atoms with Gasteiger partial charge in [-0.2, -0.15) is 5.10 Å². The number of likely N-dealkylation sites (tertiary alicyclic amines) is 1. The predicted octanol–water partition coefficient (Wildman–Crippen LogP) is 3.22. The predicted molar refractivity (Wildman–Crippen MR) is 98.6 cm³/mol. The summed E-state index contributed by atoms with van der Waals surface area (Å²) >= 11 is 0. The molecule has 5 nitrogen and oxygen atoms in total. The van der Waals surface area contributed by atoms with Gasteiger partial charge in [0.15, 0.2) is 0 Å². The van der Waals surface area contributed by atoms with E-state index in [0.717, 1.165) is 31.5 Å². The van der Waals surface area contributed by atoms with Crippen LogP contribution < -0.4 is 4.90 Å². The molecular formula is C20H25FN4O. The molecule has 26 heavy (non-hydrogen) atoms. The van der Waals surface area contributed by atoms with E-state index >= 15 is 0 Å². The van der Waals surface area contributed by atoms with E-state index in [9.17, 15) is 9.18 Å². The van der Waals surface area contributed by atoms with Crippen LogP contribution >= 0.6 is 0 Å². The number of aryl methyl sites for hydroxylation is 1. The Labute approximate surface area is 153 Å². The molecule has 2 aliphatic heterocycles. The Kier molecular flexibility index (Phi) is 4.01. The average molecular weight is 356 g/mol. The molecule has 0 saturated carbocycles. The van der Waals surface area contributed by atoms with Gasteiger partial charge < -0.3 is 9.80 Å². The number of carbonyl (C=O) groups excluding carboxylic acids is 1. The number of piperidine rings is 1. The highest BCUT2D eigenvalue weighted by molar-refractivity contribution is 5.93. The molecule has 3 heterocycles. The first kappa shape index (κ1) is 17.1. The number of hydrogen-bond donors (Lipinski definition) is 0. The van der Waals surface area contributed by atoms with Crippen LogP contribution in [0.2, 0.25) is 0 Å². The lowest BCUT2D eigenvalue weighted by molar-refractivity contribution is 0.0594. The van der Waals surface area contributed by atoms with E-state index in [-0.39, 0.29) is 29.3 Å². The summed E-state index contributed by atoms with van der Waals surface area (Å²) in [5, 5.41) is 4.14. The van der Waals surface area contributed by atoms with Gasteiger partial charge in [-0.25, -0.2) is 4.39 Å². The van der Waals surface area contributed by atoms with Gasteiger partial charge in [-0.1, -0.05) is 0 Å². The smallest absolute Gasteiger partial charge is 0.272 e. The molecular weight excluding hydrogens is 331 g/mol. The van der Waals surface area contributed by atoms with Crippen LogP contribution in [0.3, 0.4) is 0 Å². The van der Waals surface area contributed by atoms with Crippen LogP contribution in [-0.2, 0) is 7.05 Å². The van der Waals surface area contributed by atoms with E-state index in [2.05, 4.69) is 23.8 Å². The van der Waals surface area contributed by atoms with Crippen molar-refractivity contribution in [3.05, 3.63) is 48.0 Å². The Morgan fingerprint density at radius 1 is 1.19 bits per heavy atom. The fourth-order valence-corrected chi connectivity index (χ4v) is 4.77. The molecule has 0 aliphatic carbocycles. The van der Waals surface area contributed by atoms with Crippen LogP contribution in [0.4, 0.5) is 10.1 Å². The maximum atomic E-state index is 13.4. The molecule has 2 aromatic rings. The molecule has 0 N–H and O–H groups in total. The van der Waals surface area contributed by atoms with Crippen molar-refractivity contribution in [1.29, 1.82) is 0 Å². The van der Waals surface area contributed by atoms with Crippen molar-refractivity contribution < 1.29 is 9.18 Å². The SMILES string of the molecule is Cn1nccc1C(=O)N1CCC[C@H]2[C@@H]1CC(C)(C)N2c1ccc(F)cc1. The standard InChI is InChI=1S/C20H25FN4O/c1-20(2)13-18-16(25(20)15-8-6-14(21)7-9-15)5-4-12-24(18)19(26)17-10-11-22-23(17)3/h6-11,16,18H,4-5,12-13H2,1-3H3/t16-,18-/m0/s1.